The highest BCUT2D eigenvalue weighted by Gasteiger charge is 2.44. The first-order valence-electron chi connectivity index (χ1n) is 31.8. The molecule has 9 amide bonds. The number of unbranched alkanes of at least 4 members (excludes halogenated alkanes) is 1. The SMILES string of the molecule is CC[C@H](C)[C@@H]([C@@H](CC(=O)N1CCC[C@H]1[C@H](OC)[C@@H](C)C(=O)N[C@@H](Cc1ccccc1)C(=O)O)OC)N(C)C(=O)[C@@H](NC(=O)[C@H](C(C)C)N(C)C(=O)OCc1ccc(NC(=O)C(CCCNC(N)=O)NC(=O)[C@@H](NCC(N)(C=O)CCCCN)C(C)C)cc1)C(C)C. The van der Waals surface area contributed by atoms with Crippen LogP contribution in [0.15, 0.2) is 54.6 Å². The topological polar surface area (TPSA) is 379 Å². The Morgan fingerprint density at radius 2 is 1.41 bits per heavy atom. The number of carbonyl (C=O) groups is 10. The molecule has 1 aliphatic heterocycles. The first-order valence-corrected chi connectivity index (χ1v) is 31.8. The summed E-state index contributed by atoms with van der Waals surface area (Å²) in [6.07, 6.45) is 2.05. The van der Waals surface area contributed by atoms with Gasteiger partial charge in [-0.2, -0.15) is 0 Å². The van der Waals surface area contributed by atoms with Crippen molar-refractivity contribution in [2.24, 2.45) is 46.8 Å². The highest BCUT2D eigenvalue weighted by Crippen LogP contribution is 2.30. The van der Waals surface area contributed by atoms with Gasteiger partial charge in [0, 0.05) is 60.1 Å². The van der Waals surface area contributed by atoms with Gasteiger partial charge in [-0.1, -0.05) is 111 Å². The van der Waals surface area contributed by atoms with Gasteiger partial charge in [-0.3, -0.25) is 33.7 Å². The number of hydrogen-bond acceptors (Lipinski definition) is 16. The second-order valence-corrected chi connectivity index (χ2v) is 25.1. The smallest absolute Gasteiger partial charge is 0.410 e. The van der Waals surface area contributed by atoms with Gasteiger partial charge < -0.3 is 83.0 Å². The predicted octanol–water partition coefficient (Wildman–Crippen LogP) is 3.66. The average molecular weight is 1280 g/mol. The minimum Gasteiger partial charge on any atom is -0.480 e. The second kappa shape index (κ2) is 38.6. The average Bonchev–Trinajstić information content (AvgIpc) is 1.91. The number of likely N-dealkylation sites (N-methyl/N-ethyl adjacent to an activating group) is 2. The van der Waals surface area contributed by atoms with E-state index in [9.17, 15) is 53.1 Å². The molecule has 510 valence electrons. The molecule has 0 bridgehead atoms. The Bertz CT molecular complexity index is 2670. The quantitative estimate of drug-likeness (QED) is 0.0336. The molecule has 0 aliphatic carbocycles. The summed E-state index contributed by atoms with van der Waals surface area (Å²) < 4.78 is 17.7. The van der Waals surface area contributed by atoms with Crippen LogP contribution >= 0.6 is 0 Å². The van der Waals surface area contributed by atoms with Crippen molar-refractivity contribution in [3.8, 4) is 0 Å². The standard InChI is InChI=1S/C65H106N12O14/c1-14-42(8)55(50(89-12)35-51(79)77-33-21-25-49(77)56(90-13)43(9)57(80)73-48(62(85)86)34-44-22-16-15-17-23-44)75(10)61(84)53(40(4)5)74-60(83)54(41(6)7)76(11)64(88)91-36-45-26-28-46(29-27-45)71-58(81)47(24-20-32-69-63(67)87)72-59(82)52(39(2)3)70-37-65(68,38-78)30-18-19-31-66/h15-17,22-23,26-29,38-43,47-50,52-56,70H,14,18-21,24-25,30-37,66,68H2,1-13H3,(H,71,81)(H,72,82)(H,73,80)(H,74,83)(H,85,86)(H3,67,69,87)/t42-,43+,47?,48-,49-,50+,52-,53-,54-,55-,56+,65?/m0/s1. The minimum absolute atomic E-state index is 0.0105. The number of primary amides is 1. The van der Waals surface area contributed by atoms with Crippen molar-refractivity contribution in [3.05, 3.63) is 65.7 Å². The third kappa shape index (κ3) is 24.1. The third-order valence-corrected chi connectivity index (χ3v) is 17.1. The minimum atomic E-state index is -1.23. The van der Waals surface area contributed by atoms with Crippen LogP contribution in [0.25, 0.3) is 0 Å². The number of likely N-dealkylation sites (tertiary alicyclic amines) is 1. The van der Waals surface area contributed by atoms with Crippen LogP contribution in [0.3, 0.4) is 0 Å². The number of hydrogen-bond donors (Lipinski definition) is 10. The number of ether oxygens (including phenoxy) is 3. The fourth-order valence-corrected chi connectivity index (χ4v) is 11.6. The number of methoxy groups -OCH3 is 2. The number of carboxylic acid groups (broad SMARTS) is 1. The van der Waals surface area contributed by atoms with Crippen molar-refractivity contribution in [1.82, 2.24) is 41.3 Å². The van der Waals surface area contributed by atoms with E-state index >= 15 is 0 Å². The molecule has 1 aliphatic rings. The van der Waals surface area contributed by atoms with Crippen LogP contribution in [0.5, 0.6) is 0 Å². The van der Waals surface area contributed by atoms with E-state index in [1.54, 1.807) is 95.1 Å². The van der Waals surface area contributed by atoms with Gasteiger partial charge in [0.15, 0.2) is 0 Å². The van der Waals surface area contributed by atoms with Crippen molar-refractivity contribution in [2.75, 3.05) is 59.8 Å². The monoisotopic (exact) mass is 1280 g/mol. The molecule has 1 heterocycles. The van der Waals surface area contributed by atoms with E-state index in [0.29, 0.717) is 69.2 Å². The van der Waals surface area contributed by atoms with Gasteiger partial charge >= 0.3 is 18.1 Å². The van der Waals surface area contributed by atoms with E-state index in [1.807, 2.05) is 33.8 Å². The Kier molecular flexibility index (Phi) is 33.0. The van der Waals surface area contributed by atoms with Crippen molar-refractivity contribution in [1.29, 1.82) is 0 Å². The largest absolute Gasteiger partial charge is 0.480 e. The maximum Gasteiger partial charge on any atom is 0.410 e. The molecule has 0 aromatic heterocycles. The summed E-state index contributed by atoms with van der Waals surface area (Å²) in [6.45, 7) is 17.1. The van der Waals surface area contributed by atoms with Gasteiger partial charge in [-0.15, -0.1) is 0 Å². The normalized spacial score (nSPS) is 17.2. The van der Waals surface area contributed by atoms with Crippen LogP contribution in [0, 0.1) is 29.6 Å². The molecule has 2 aromatic rings. The number of anilines is 1. The molecule has 91 heavy (non-hydrogen) atoms. The first-order chi connectivity index (χ1) is 43.0. The zero-order valence-corrected chi connectivity index (χ0v) is 55.8. The zero-order valence-electron chi connectivity index (χ0n) is 55.8. The van der Waals surface area contributed by atoms with Crippen LogP contribution in [0.2, 0.25) is 0 Å². The van der Waals surface area contributed by atoms with Gasteiger partial charge in [-0.05, 0) is 98.4 Å². The van der Waals surface area contributed by atoms with Gasteiger partial charge in [-0.25, -0.2) is 14.4 Å². The molecule has 3 rings (SSSR count). The Balaban J connectivity index is 1.72. The summed E-state index contributed by atoms with van der Waals surface area (Å²) in [5.74, 6) is -6.25. The molecule has 1 saturated heterocycles. The molecule has 12 atom stereocenters. The van der Waals surface area contributed by atoms with Crippen molar-refractivity contribution >= 4 is 65.5 Å². The van der Waals surface area contributed by atoms with E-state index in [-0.39, 0.29) is 63.1 Å². The maximum absolute atomic E-state index is 14.8. The molecule has 0 radical (unpaired) electrons. The number of aliphatic carboxylic acids is 1. The summed E-state index contributed by atoms with van der Waals surface area (Å²) in [7, 11) is 5.99. The number of amides is 9. The number of benzene rings is 2. The molecule has 0 saturated carbocycles. The highest BCUT2D eigenvalue weighted by atomic mass is 16.6. The van der Waals surface area contributed by atoms with Gasteiger partial charge in [0.25, 0.3) is 0 Å². The summed E-state index contributed by atoms with van der Waals surface area (Å²) in [4.78, 5) is 139. The molecule has 0 spiro atoms. The molecule has 1 fully saturated rings. The first kappa shape index (κ1) is 78.0. The third-order valence-electron chi connectivity index (χ3n) is 17.1. The Morgan fingerprint density at radius 3 is 1.96 bits per heavy atom. The summed E-state index contributed by atoms with van der Waals surface area (Å²) in [5, 5.41) is 26.8. The van der Waals surface area contributed by atoms with Crippen LogP contribution in [-0.4, -0.2) is 194 Å². The van der Waals surface area contributed by atoms with Crippen LogP contribution < -0.4 is 49.1 Å². The Hall–Kier alpha value is -7.26. The van der Waals surface area contributed by atoms with Crippen LogP contribution in [0.4, 0.5) is 15.3 Å². The summed E-state index contributed by atoms with van der Waals surface area (Å²) in [5.41, 5.74) is 17.6. The lowest BCUT2D eigenvalue weighted by Gasteiger charge is -2.41. The lowest BCUT2D eigenvalue weighted by atomic mass is 9.89. The fraction of sp³-hybridized carbons (Fsp3) is 0.662. The number of urea groups is 1. The van der Waals surface area contributed by atoms with E-state index in [2.05, 4.69) is 31.9 Å². The number of rotatable bonds is 40. The Labute approximate surface area is 537 Å². The molecule has 26 heteroatoms. The van der Waals surface area contributed by atoms with Gasteiger partial charge in [0.2, 0.25) is 35.4 Å². The number of carbonyl (C=O) groups excluding carboxylic acids is 9. The predicted molar refractivity (Wildman–Crippen MR) is 346 cm³/mol. The number of nitrogens with zero attached hydrogens (tertiary/aromatic N) is 3. The van der Waals surface area contributed by atoms with Gasteiger partial charge in [0.05, 0.1) is 48.2 Å². The summed E-state index contributed by atoms with van der Waals surface area (Å²) in [6, 6.07) is 8.27. The molecule has 2 aromatic carbocycles. The fourth-order valence-electron chi connectivity index (χ4n) is 11.6. The second-order valence-electron chi connectivity index (χ2n) is 25.1. The zero-order chi connectivity index (χ0) is 68.3. The van der Waals surface area contributed by atoms with E-state index in [0.717, 1.165) is 5.56 Å². The number of aldehydes is 1. The maximum atomic E-state index is 14.8. The van der Waals surface area contributed by atoms with Crippen molar-refractivity contribution < 1.29 is 67.3 Å². The number of nitrogens with one attached hydrogen (secondary N) is 6. The van der Waals surface area contributed by atoms with E-state index in [4.69, 9.17) is 31.4 Å². The number of nitrogens with two attached hydrogens (primary N) is 3. The molecule has 13 N–H and O–H groups in total. The van der Waals surface area contributed by atoms with E-state index < -0.39 is 125 Å². The molecule has 26 nitrogen and oxygen atoms in total. The summed E-state index contributed by atoms with van der Waals surface area (Å²) >= 11 is 0. The van der Waals surface area contributed by atoms with Gasteiger partial charge in [0.1, 0.15) is 37.1 Å². The van der Waals surface area contributed by atoms with E-state index in [1.165, 1.54) is 31.1 Å². The lowest BCUT2D eigenvalue weighted by Crippen LogP contribution is -2.60. The lowest BCUT2D eigenvalue weighted by molar-refractivity contribution is -0.148. The van der Waals surface area contributed by atoms with Crippen LogP contribution in [-0.2, 0) is 65.6 Å². The van der Waals surface area contributed by atoms with Crippen molar-refractivity contribution in [3.63, 3.8) is 0 Å². The number of carboxylic acids is 1. The molecule has 2 unspecified atom stereocenters. The van der Waals surface area contributed by atoms with Crippen molar-refractivity contribution in [2.45, 2.75) is 193 Å². The van der Waals surface area contributed by atoms with Crippen LogP contribution in [0.1, 0.15) is 131 Å². The molecular formula is C65H106N12O14. The molecular weight excluding hydrogens is 1170 g/mol. The Morgan fingerprint density at radius 1 is 0.769 bits per heavy atom. The highest BCUT2D eigenvalue weighted by molar-refractivity contribution is 5.98.